The van der Waals surface area contributed by atoms with Crippen molar-refractivity contribution in [2.75, 3.05) is 47.8 Å². The van der Waals surface area contributed by atoms with Gasteiger partial charge in [-0.05, 0) is 82.2 Å². The molecule has 0 bridgehead atoms. The number of amidine groups is 1. The minimum absolute atomic E-state index is 0.0120. The first-order chi connectivity index (χ1) is 27.3. The molecule has 1 unspecified atom stereocenters. The van der Waals surface area contributed by atoms with Crippen LogP contribution < -0.4 is 5.32 Å². The largest absolute Gasteiger partial charge is 0.363 e. The molecule has 2 amide bonds. The van der Waals surface area contributed by atoms with Crippen LogP contribution in [0.5, 0.6) is 0 Å². The monoisotopic (exact) mass is 749 g/mol. The van der Waals surface area contributed by atoms with Crippen LogP contribution in [0.3, 0.4) is 0 Å². The average Bonchev–Trinajstić information content (AvgIpc) is 4.06. The summed E-state index contributed by atoms with van der Waals surface area (Å²) in [6.07, 6.45) is 7.48. The summed E-state index contributed by atoms with van der Waals surface area (Å²) in [7, 11) is 7.84. The van der Waals surface area contributed by atoms with E-state index in [4.69, 9.17) is 15.0 Å². The van der Waals surface area contributed by atoms with Crippen molar-refractivity contribution in [3.63, 3.8) is 0 Å². The van der Waals surface area contributed by atoms with Gasteiger partial charge < -0.3 is 20.1 Å². The standard InChI is InChI=1S/C45H51N9O2/c1-51(2)40(32-13-7-5-8-14-32)44(55)53-25-11-17-38(53)42-47-28-36(49-42)31-21-19-30(20-22-31)35-24-23-34(27-46-35)37-29-48-43(50-37)39-18-12-26-54(39)45(56)41(52(3)4)33-15-9-6-10-16-33/h5-10,13-16,19-24,27-28,37-41H,11-12,17-18,25-26,29H2,1-4H3,(H,47,49)(H,48,50)/t37?,38-,39-,40+,41+/m0/s1. The number of likely N-dealkylation sites (N-methyl/N-ethyl adjacent to an activating group) is 2. The van der Waals surface area contributed by atoms with Crippen molar-refractivity contribution < 1.29 is 9.59 Å². The summed E-state index contributed by atoms with van der Waals surface area (Å²) in [5, 5.41) is 3.64. The summed E-state index contributed by atoms with van der Waals surface area (Å²) in [5.74, 6) is 1.94. The summed E-state index contributed by atoms with van der Waals surface area (Å²) in [6.45, 7) is 2.06. The van der Waals surface area contributed by atoms with Crippen molar-refractivity contribution in [3.05, 3.63) is 132 Å². The lowest BCUT2D eigenvalue weighted by Gasteiger charge is -2.32. The third-order valence-electron chi connectivity index (χ3n) is 11.5. The van der Waals surface area contributed by atoms with Gasteiger partial charge in [0.2, 0.25) is 11.8 Å². The van der Waals surface area contributed by atoms with E-state index in [-0.39, 0.29) is 42.0 Å². The van der Waals surface area contributed by atoms with Crippen LogP contribution in [0.15, 0.2) is 114 Å². The van der Waals surface area contributed by atoms with Gasteiger partial charge in [-0.3, -0.25) is 29.4 Å². The number of carbonyl (C=O) groups is 2. The molecular weight excluding hydrogens is 699 g/mol. The van der Waals surface area contributed by atoms with Gasteiger partial charge in [0, 0.05) is 24.8 Å². The first-order valence-corrected chi connectivity index (χ1v) is 19.7. The zero-order valence-corrected chi connectivity index (χ0v) is 32.7. The zero-order valence-electron chi connectivity index (χ0n) is 32.7. The van der Waals surface area contributed by atoms with Crippen molar-refractivity contribution in [3.8, 4) is 22.5 Å². The third-order valence-corrected chi connectivity index (χ3v) is 11.5. The van der Waals surface area contributed by atoms with Crippen LogP contribution in [-0.2, 0) is 9.59 Å². The Morgan fingerprint density at radius 1 is 0.679 bits per heavy atom. The number of imidazole rings is 1. The zero-order chi connectivity index (χ0) is 38.8. The van der Waals surface area contributed by atoms with Gasteiger partial charge in [0.15, 0.2) is 0 Å². The molecule has 56 heavy (non-hydrogen) atoms. The Kier molecular flexibility index (Phi) is 10.8. The lowest BCUT2D eigenvalue weighted by Crippen LogP contribution is -2.48. The molecule has 3 aliphatic rings. The predicted octanol–water partition coefficient (Wildman–Crippen LogP) is 6.44. The Labute approximate surface area is 329 Å². The van der Waals surface area contributed by atoms with E-state index in [2.05, 4.69) is 46.7 Å². The molecule has 8 rings (SSSR count). The van der Waals surface area contributed by atoms with Gasteiger partial charge in [-0.15, -0.1) is 0 Å². The molecule has 5 heterocycles. The summed E-state index contributed by atoms with van der Waals surface area (Å²) in [4.78, 5) is 53.9. The smallest absolute Gasteiger partial charge is 0.245 e. The van der Waals surface area contributed by atoms with Crippen molar-refractivity contribution in [2.45, 2.75) is 55.9 Å². The molecule has 3 aliphatic heterocycles. The molecule has 3 aromatic carbocycles. The molecule has 11 heteroatoms. The topological polar surface area (TPSA) is 113 Å². The SMILES string of the molecule is CN(C)[C@@H](C(=O)N1CCC[C@H]1C1=NCC(c2ccc(-c3ccc(-c4cnc([C@@H]5CCCN5C(=O)[C@@H](c5ccccc5)N(C)C)[nH]4)cc3)nc2)N1)c1ccccc1. The lowest BCUT2D eigenvalue weighted by atomic mass is 10.0. The maximum atomic E-state index is 13.9. The number of aromatic nitrogens is 3. The van der Waals surface area contributed by atoms with Crippen LogP contribution in [-0.4, -0.2) is 106 Å². The number of carbonyl (C=O) groups excluding carboxylic acids is 2. The molecule has 0 saturated carbocycles. The average molecular weight is 750 g/mol. The number of amides is 2. The third kappa shape index (κ3) is 7.48. The maximum absolute atomic E-state index is 13.9. The maximum Gasteiger partial charge on any atom is 0.245 e. The Balaban J connectivity index is 0.899. The number of hydrogen-bond donors (Lipinski definition) is 2. The van der Waals surface area contributed by atoms with Crippen molar-refractivity contribution in [1.29, 1.82) is 0 Å². The number of likely N-dealkylation sites (tertiary alicyclic amines) is 2. The minimum atomic E-state index is -0.344. The van der Waals surface area contributed by atoms with Gasteiger partial charge in [0.25, 0.3) is 0 Å². The molecule has 11 nitrogen and oxygen atoms in total. The number of hydrogen-bond acceptors (Lipinski definition) is 8. The molecule has 2 saturated heterocycles. The minimum Gasteiger partial charge on any atom is -0.363 e. The van der Waals surface area contributed by atoms with Crippen LogP contribution in [0.4, 0.5) is 0 Å². The fourth-order valence-electron chi connectivity index (χ4n) is 8.64. The molecular formula is C45H51N9O2. The lowest BCUT2D eigenvalue weighted by molar-refractivity contribution is -0.137. The van der Waals surface area contributed by atoms with Crippen LogP contribution in [0.2, 0.25) is 0 Å². The molecule has 2 N–H and O–H groups in total. The molecule has 2 fully saturated rings. The summed E-state index contributed by atoms with van der Waals surface area (Å²) < 4.78 is 0. The van der Waals surface area contributed by atoms with Crippen molar-refractivity contribution >= 4 is 17.6 Å². The fourth-order valence-corrected chi connectivity index (χ4v) is 8.64. The number of rotatable bonds is 11. The van der Waals surface area contributed by atoms with Gasteiger partial charge in [-0.1, -0.05) is 91.0 Å². The van der Waals surface area contributed by atoms with Gasteiger partial charge in [-0.25, -0.2) is 4.98 Å². The predicted molar refractivity (Wildman–Crippen MR) is 220 cm³/mol. The first kappa shape index (κ1) is 37.3. The molecule has 2 aromatic heterocycles. The van der Waals surface area contributed by atoms with Crippen molar-refractivity contribution in [2.24, 2.45) is 4.99 Å². The second-order valence-corrected chi connectivity index (χ2v) is 15.6. The number of aromatic amines is 1. The quantitative estimate of drug-likeness (QED) is 0.160. The van der Waals surface area contributed by atoms with Crippen LogP contribution in [0.1, 0.15) is 72.4 Å². The van der Waals surface area contributed by atoms with Crippen LogP contribution >= 0.6 is 0 Å². The Morgan fingerprint density at radius 2 is 1.25 bits per heavy atom. The number of pyridine rings is 1. The van der Waals surface area contributed by atoms with E-state index >= 15 is 0 Å². The van der Waals surface area contributed by atoms with Crippen molar-refractivity contribution in [1.82, 2.24) is 39.9 Å². The number of aliphatic imine (C=N–C) groups is 1. The number of H-pyrrole nitrogens is 1. The highest BCUT2D eigenvalue weighted by atomic mass is 16.2. The molecule has 0 spiro atoms. The molecule has 5 aromatic rings. The number of benzene rings is 3. The molecule has 288 valence electrons. The van der Waals surface area contributed by atoms with E-state index in [0.717, 1.165) is 89.6 Å². The van der Waals surface area contributed by atoms with E-state index in [1.165, 1.54) is 0 Å². The van der Waals surface area contributed by atoms with Gasteiger partial charge in [0.1, 0.15) is 23.7 Å². The first-order valence-electron chi connectivity index (χ1n) is 19.7. The molecule has 5 atom stereocenters. The number of nitrogens with one attached hydrogen (secondary N) is 2. The second kappa shape index (κ2) is 16.2. The highest BCUT2D eigenvalue weighted by molar-refractivity contribution is 5.95. The van der Waals surface area contributed by atoms with Gasteiger partial charge >= 0.3 is 0 Å². The van der Waals surface area contributed by atoms with Crippen LogP contribution in [0.25, 0.3) is 22.5 Å². The van der Waals surface area contributed by atoms with E-state index in [1.54, 1.807) is 0 Å². The summed E-state index contributed by atoms with van der Waals surface area (Å²) in [6, 6.07) is 31.7. The molecule has 0 radical (unpaired) electrons. The normalized spacial score (nSPS) is 20.7. The van der Waals surface area contributed by atoms with E-state index < -0.39 is 0 Å². The molecule has 0 aliphatic carbocycles. The van der Waals surface area contributed by atoms with Gasteiger partial charge in [0.05, 0.1) is 42.3 Å². The highest BCUT2D eigenvalue weighted by Gasteiger charge is 2.40. The van der Waals surface area contributed by atoms with E-state index in [9.17, 15) is 9.59 Å². The number of nitrogens with zero attached hydrogens (tertiary/aromatic N) is 7. The van der Waals surface area contributed by atoms with Crippen LogP contribution in [0, 0.1) is 0 Å². The van der Waals surface area contributed by atoms with E-state index in [1.807, 2.05) is 121 Å². The van der Waals surface area contributed by atoms with E-state index in [0.29, 0.717) is 6.54 Å². The Hall–Kier alpha value is -5.65. The highest BCUT2D eigenvalue weighted by Crippen LogP contribution is 2.36. The second-order valence-electron chi connectivity index (χ2n) is 15.6. The Bertz CT molecular complexity index is 2150. The van der Waals surface area contributed by atoms with Gasteiger partial charge in [-0.2, -0.15) is 0 Å². The Morgan fingerprint density at radius 3 is 1.82 bits per heavy atom. The fraction of sp³-hybridized carbons (Fsp3) is 0.356. The summed E-state index contributed by atoms with van der Waals surface area (Å²) in [5.41, 5.74) is 6.92. The summed E-state index contributed by atoms with van der Waals surface area (Å²) >= 11 is 0.